The number of hydrogen-bond donors (Lipinski definition) is 0. The molecule has 0 N–H and O–H groups in total. The number of nitrogens with zero attached hydrogens (tertiary/aromatic N) is 1. The van der Waals surface area contributed by atoms with E-state index >= 15 is 0 Å². The molecule has 1 fully saturated rings. The van der Waals surface area contributed by atoms with Crippen LogP contribution in [0.2, 0.25) is 0 Å². The van der Waals surface area contributed by atoms with Crippen LogP contribution in [-0.2, 0) is 16.3 Å². The van der Waals surface area contributed by atoms with E-state index in [1.165, 1.54) is 6.07 Å². The van der Waals surface area contributed by atoms with Gasteiger partial charge in [0.15, 0.2) is 9.84 Å². The standard InChI is InChI=1S/C15H22FNO2S/c1-12(6-7-14-4-3-5-15(16)10-14)17-8-9-20(18,19)13(2)11-17/h3-5,10,12-13H,6-9,11H2,1-2H3. The molecule has 20 heavy (non-hydrogen) atoms. The first-order chi connectivity index (χ1) is 9.38. The number of rotatable bonds is 4. The molecule has 3 nitrogen and oxygen atoms in total. The maximum atomic E-state index is 13.1. The average Bonchev–Trinajstić information content (AvgIpc) is 2.39. The van der Waals surface area contributed by atoms with Crippen LogP contribution < -0.4 is 0 Å². The summed E-state index contributed by atoms with van der Waals surface area (Å²) in [5.74, 6) is 0.0474. The highest BCUT2D eigenvalue weighted by molar-refractivity contribution is 7.92. The van der Waals surface area contributed by atoms with E-state index in [2.05, 4.69) is 11.8 Å². The Kier molecular flexibility index (Phi) is 4.81. The molecule has 0 saturated carbocycles. The average molecular weight is 299 g/mol. The number of sulfone groups is 1. The summed E-state index contributed by atoms with van der Waals surface area (Å²) in [6.45, 7) is 5.11. The van der Waals surface area contributed by atoms with Gasteiger partial charge in [0.25, 0.3) is 0 Å². The third kappa shape index (κ3) is 3.79. The molecule has 5 heteroatoms. The summed E-state index contributed by atoms with van der Waals surface area (Å²) in [6, 6.07) is 6.99. The van der Waals surface area contributed by atoms with Gasteiger partial charge in [-0.2, -0.15) is 0 Å². The monoisotopic (exact) mass is 299 g/mol. The van der Waals surface area contributed by atoms with Crippen molar-refractivity contribution in [1.29, 1.82) is 0 Å². The van der Waals surface area contributed by atoms with Crippen molar-refractivity contribution in [3.63, 3.8) is 0 Å². The Labute approximate surface area is 120 Å². The smallest absolute Gasteiger partial charge is 0.155 e. The SMILES string of the molecule is CC(CCc1cccc(F)c1)N1CCS(=O)(=O)C(C)C1. The molecule has 112 valence electrons. The lowest BCUT2D eigenvalue weighted by Gasteiger charge is -2.35. The number of hydrogen-bond acceptors (Lipinski definition) is 3. The van der Waals surface area contributed by atoms with E-state index < -0.39 is 9.84 Å². The minimum atomic E-state index is -2.89. The van der Waals surface area contributed by atoms with Crippen molar-refractivity contribution in [2.24, 2.45) is 0 Å². The van der Waals surface area contributed by atoms with Crippen molar-refractivity contribution in [2.45, 2.75) is 38.0 Å². The lowest BCUT2D eigenvalue weighted by Crippen LogP contribution is -2.49. The van der Waals surface area contributed by atoms with Gasteiger partial charge < -0.3 is 0 Å². The van der Waals surface area contributed by atoms with E-state index in [9.17, 15) is 12.8 Å². The van der Waals surface area contributed by atoms with Crippen molar-refractivity contribution in [3.8, 4) is 0 Å². The van der Waals surface area contributed by atoms with Gasteiger partial charge in [0.2, 0.25) is 0 Å². The molecule has 0 aromatic heterocycles. The molecule has 2 rings (SSSR count). The fraction of sp³-hybridized carbons (Fsp3) is 0.600. The normalized spacial score (nSPS) is 24.4. The van der Waals surface area contributed by atoms with Crippen LogP contribution in [0, 0.1) is 5.82 Å². The molecular formula is C15H22FNO2S. The Bertz CT molecular complexity index is 559. The third-order valence-corrected chi connectivity index (χ3v) is 6.26. The number of halogens is 1. The predicted molar refractivity (Wildman–Crippen MR) is 79.0 cm³/mol. The first kappa shape index (κ1) is 15.4. The first-order valence-corrected chi connectivity index (χ1v) is 8.80. The van der Waals surface area contributed by atoms with E-state index in [1.807, 2.05) is 6.07 Å². The molecule has 2 unspecified atom stereocenters. The predicted octanol–water partition coefficient (Wildman–Crippen LogP) is 2.27. The van der Waals surface area contributed by atoms with Crippen molar-refractivity contribution in [3.05, 3.63) is 35.6 Å². The molecule has 1 aromatic rings. The molecule has 0 aliphatic carbocycles. The Morgan fingerprint density at radius 2 is 2.20 bits per heavy atom. The van der Waals surface area contributed by atoms with E-state index in [0.717, 1.165) is 18.4 Å². The third-order valence-electron chi connectivity index (χ3n) is 4.13. The largest absolute Gasteiger partial charge is 0.298 e. The minimum Gasteiger partial charge on any atom is -0.298 e. The van der Waals surface area contributed by atoms with Crippen molar-refractivity contribution >= 4 is 9.84 Å². The Hall–Kier alpha value is -0.940. The van der Waals surface area contributed by atoms with Gasteiger partial charge in [-0.05, 0) is 44.4 Å². The van der Waals surface area contributed by atoms with E-state index in [4.69, 9.17) is 0 Å². The number of benzene rings is 1. The van der Waals surface area contributed by atoms with Gasteiger partial charge in [-0.1, -0.05) is 12.1 Å². The lowest BCUT2D eigenvalue weighted by atomic mass is 10.0. The number of aryl methyl sites for hydroxylation is 1. The van der Waals surface area contributed by atoms with E-state index in [1.54, 1.807) is 19.1 Å². The fourth-order valence-electron chi connectivity index (χ4n) is 2.63. The van der Waals surface area contributed by atoms with Crippen LogP contribution in [0.25, 0.3) is 0 Å². The van der Waals surface area contributed by atoms with Gasteiger partial charge in [0.05, 0.1) is 11.0 Å². The topological polar surface area (TPSA) is 37.4 Å². The zero-order chi connectivity index (χ0) is 14.8. The molecule has 1 aliphatic heterocycles. The summed E-state index contributed by atoms with van der Waals surface area (Å²) < 4.78 is 36.5. The van der Waals surface area contributed by atoms with Gasteiger partial charge in [0, 0.05) is 19.1 Å². The van der Waals surface area contributed by atoms with E-state index in [-0.39, 0.29) is 16.8 Å². The van der Waals surface area contributed by atoms with Gasteiger partial charge in [0.1, 0.15) is 5.82 Å². The van der Waals surface area contributed by atoms with Crippen LogP contribution in [-0.4, -0.2) is 43.5 Å². The maximum absolute atomic E-state index is 13.1. The molecule has 1 aromatic carbocycles. The second kappa shape index (κ2) is 6.22. The second-order valence-electron chi connectivity index (χ2n) is 5.69. The van der Waals surface area contributed by atoms with Gasteiger partial charge >= 0.3 is 0 Å². The Morgan fingerprint density at radius 3 is 2.85 bits per heavy atom. The summed E-state index contributed by atoms with van der Waals surface area (Å²) in [6.07, 6.45) is 1.73. The van der Waals surface area contributed by atoms with Crippen molar-refractivity contribution < 1.29 is 12.8 Å². The second-order valence-corrected chi connectivity index (χ2v) is 8.23. The van der Waals surface area contributed by atoms with Crippen molar-refractivity contribution in [1.82, 2.24) is 4.90 Å². The summed E-state index contributed by atoms with van der Waals surface area (Å²) >= 11 is 0. The molecule has 1 saturated heterocycles. The molecule has 1 aliphatic rings. The molecular weight excluding hydrogens is 277 g/mol. The van der Waals surface area contributed by atoms with Crippen LogP contribution in [0.5, 0.6) is 0 Å². The van der Waals surface area contributed by atoms with Gasteiger partial charge in [-0.15, -0.1) is 0 Å². The summed E-state index contributed by atoms with van der Waals surface area (Å²) in [5.41, 5.74) is 0.995. The van der Waals surface area contributed by atoms with Crippen LogP contribution >= 0.6 is 0 Å². The fourth-order valence-corrected chi connectivity index (χ4v) is 3.94. The van der Waals surface area contributed by atoms with Crippen LogP contribution in [0.4, 0.5) is 4.39 Å². The Morgan fingerprint density at radius 1 is 1.45 bits per heavy atom. The zero-order valence-corrected chi connectivity index (χ0v) is 12.9. The van der Waals surface area contributed by atoms with Gasteiger partial charge in [-0.25, -0.2) is 12.8 Å². The maximum Gasteiger partial charge on any atom is 0.155 e. The van der Waals surface area contributed by atoms with Crippen LogP contribution in [0.15, 0.2) is 24.3 Å². The highest BCUT2D eigenvalue weighted by Gasteiger charge is 2.31. The van der Waals surface area contributed by atoms with Crippen LogP contribution in [0.3, 0.4) is 0 Å². The summed E-state index contributed by atoms with van der Waals surface area (Å²) in [4.78, 5) is 2.23. The zero-order valence-electron chi connectivity index (χ0n) is 12.0. The van der Waals surface area contributed by atoms with Gasteiger partial charge in [-0.3, -0.25) is 4.90 Å². The highest BCUT2D eigenvalue weighted by atomic mass is 32.2. The molecule has 0 radical (unpaired) electrons. The molecule has 1 heterocycles. The van der Waals surface area contributed by atoms with Crippen LogP contribution in [0.1, 0.15) is 25.8 Å². The molecule has 2 atom stereocenters. The summed E-state index contributed by atoms with van der Waals surface area (Å²) in [7, 11) is -2.89. The minimum absolute atomic E-state index is 0.201. The summed E-state index contributed by atoms with van der Waals surface area (Å²) in [5, 5.41) is -0.284. The molecule has 0 amide bonds. The van der Waals surface area contributed by atoms with E-state index in [0.29, 0.717) is 19.1 Å². The molecule has 0 bridgehead atoms. The Balaban J connectivity index is 1.88. The lowest BCUT2D eigenvalue weighted by molar-refractivity contribution is 0.204. The molecule has 0 spiro atoms. The first-order valence-electron chi connectivity index (χ1n) is 7.08. The highest BCUT2D eigenvalue weighted by Crippen LogP contribution is 2.17. The van der Waals surface area contributed by atoms with Crippen molar-refractivity contribution in [2.75, 3.05) is 18.8 Å². The quantitative estimate of drug-likeness (QED) is 0.856.